The van der Waals surface area contributed by atoms with Crippen LogP contribution in [0.3, 0.4) is 0 Å². The molecule has 0 saturated carbocycles. The molecule has 0 aliphatic carbocycles. The highest BCUT2D eigenvalue weighted by Crippen LogP contribution is 2.32. The van der Waals surface area contributed by atoms with Crippen molar-refractivity contribution in [3.05, 3.63) is 58.1 Å². The minimum absolute atomic E-state index is 0.0968. The van der Waals surface area contributed by atoms with E-state index in [1.165, 1.54) is 18.2 Å². The number of hydrogen-bond acceptors (Lipinski definition) is 6. The number of halogens is 6. The number of alkyl halides is 3. The Morgan fingerprint density at radius 3 is 2.61 bits per heavy atom. The summed E-state index contributed by atoms with van der Waals surface area (Å²) < 4.78 is 67.9. The number of benzene rings is 2. The van der Waals surface area contributed by atoms with Crippen molar-refractivity contribution >= 4 is 46.6 Å². The van der Waals surface area contributed by atoms with Gasteiger partial charge in [0.25, 0.3) is 5.91 Å². The van der Waals surface area contributed by atoms with Gasteiger partial charge in [-0.3, -0.25) is 14.5 Å². The lowest BCUT2D eigenvalue weighted by Crippen LogP contribution is -2.52. The molecule has 0 aromatic heterocycles. The summed E-state index contributed by atoms with van der Waals surface area (Å²) in [6, 6.07) is 6.46. The smallest absolute Gasteiger partial charge is 0.367 e. The van der Waals surface area contributed by atoms with E-state index in [4.69, 9.17) is 11.6 Å². The van der Waals surface area contributed by atoms with Gasteiger partial charge in [0.05, 0.1) is 29.4 Å². The Morgan fingerprint density at radius 1 is 1.15 bits per heavy atom. The fraction of sp³-hybridized carbons (Fsp3) is 0.481. The topological polar surface area (TPSA) is 76.7 Å². The summed E-state index contributed by atoms with van der Waals surface area (Å²) in [5, 5.41) is 8.65. The summed E-state index contributed by atoms with van der Waals surface area (Å²) >= 11 is 7.83. The Labute approximate surface area is 244 Å². The maximum absolute atomic E-state index is 15.0. The Morgan fingerprint density at radius 2 is 1.93 bits per heavy atom. The molecule has 0 bridgehead atoms. The molecule has 0 spiro atoms. The van der Waals surface area contributed by atoms with Crippen LogP contribution in [0.15, 0.2) is 30.3 Å². The largest absolute Gasteiger partial charge is 0.390 e. The monoisotopic (exact) mass is 619 g/mol. The summed E-state index contributed by atoms with van der Waals surface area (Å²) in [7, 11) is 0. The molecule has 2 fully saturated rings. The SMILES string of the molecule is C[C@H]1CN(c2cc(Cl)ccc2NC(=O)c2ccc(CNC(=O)[C@H]3CSCCN3)c(F)c2F)CCN1CCC(F)(F)F. The van der Waals surface area contributed by atoms with Gasteiger partial charge in [0.1, 0.15) is 0 Å². The third kappa shape index (κ3) is 8.24. The molecule has 0 unspecified atom stereocenters. The van der Waals surface area contributed by atoms with Crippen LogP contribution < -0.4 is 20.9 Å². The minimum atomic E-state index is -4.24. The van der Waals surface area contributed by atoms with Crippen molar-refractivity contribution in [1.29, 1.82) is 0 Å². The Hall–Kier alpha value is -2.61. The normalized spacial score (nSPS) is 20.1. The predicted molar refractivity (Wildman–Crippen MR) is 151 cm³/mol. The van der Waals surface area contributed by atoms with Gasteiger partial charge in [-0.15, -0.1) is 0 Å². The third-order valence-corrected chi connectivity index (χ3v) is 8.39. The Kier molecular flexibility index (Phi) is 10.4. The van der Waals surface area contributed by atoms with Gasteiger partial charge in [0, 0.05) is 67.4 Å². The van der Waals surface area contributed by atoms with Crippen LogP contribution in [0.2, 0.25) is 5.02 Å². The van der Waals surface area contributed by atoms with E-state index in [1.807, 2.05) is 11.8 Å². The Balaban J connectivity index is 1.43. The zero-order valence-electron chi connectivity index (χ0n) is 22.3. The molecule has 2 atom stereocenters. The van der Waals surface area contributed by atoms with Gasteiger partial charge in [-0.1, -0.05) is 17.7 Å². The first-order valence-electron chi connectivity index (χ1n) is 13.2. The Bertz CT molecular complexity index is 1260. The van der Waals surface area contributed by atoms with E-state index >= 15 is 0 Å². The zero-order chi connectivity index (χ0) is 29.7. The number of amides is 2. The maximum Gasteiger partial charge on any atom is 0.390 e. The van der Waals surface area contributed by atoms with Crippen molar-refractivity contribution in [2.75, 3.05) is 54.4 Å². The number of piperazine rings is 1. The van der Waals surface area contributed by atoms with Gasteiger partial charge in [-0.2, -0.15) is 24.9 Å². The second-order valence-corrected chi connectivity index (χ2v) is 11.6. The fourth-order valence-corrected chi connectivity index (χ4v) is 5.92. The molecule has 2 aromatic rings. The van der Waals surface area contributed by atoms with Crippen LogP contribution >= 0.6 is 23.4 Å². The number of anilines is 2. The molecule has 14 heteroatoms. The van der Waals surface area contributed by atoms with Crippen LogP contribution in [0.1, 0.15) is 29.3 Å². The standard InChI is InChI=1S/C27H31ClF5N5O2S/c1-16-14-38(10-9-37(16)8-6-27(31,32)33)22-12-18(28)3-5-20(22)36-25(39)19-4-2-17(23(29)24(19)30)13-35-26(40)21-15-41-11-7-34-21/h2-5,12,16,21,34H,6-11,13-15H2,1H3,(H,35,40)(H,36,39)/t16-,21+/m0/s1. The number of hydrogen-bond donors (Lipinski definition) is 3. The molecule has 4 rings (SSSR count). The first-order chi connectivity index (χ1) is 19.4. The first-order valence-corrected chi connectivity index (χ1v) is 14.7. The molecule has 2 heterocycles. The van der Waals surface area contributed by atoms with Crippen LogP contribution in [0, 0.1) is 11.6 Å². The molecular formula is C27H31ClF5N5O2S. The molecule has 7 nitrogen and oxygen atoms in total. The molecule has 2 aromatic carbocycles. The molecule has 41 heavy (non-hydrogen) atoms. The summed E-state index contributed by atoms with van der Waals surface area (Å²) in [4.78, 5) is 29.0. The van der Waals surface area contributed by atoms with Crippen molar-refractivity contribution < 1.29 is 31.5 Å². The van der Waals surface area contributed by atoms with E-state index < -0.39 is 41.7 Å². The van der Waals surface area contributed by atoms with Gasteiger partial charge in [0.15, 0.2) is 11.6 Å². The summed E-state index contributed by atoms with van der Waals surface area (Å²) in [5.41, 5.74) is 0.196. The number of carbonyl (C=O) groups is 2. The highest BCUT2D eigenvalue weighted by atomic mass is 35.5. The third-order valence-electron chi connectivity index (χ3n) is 7.09. The number of carbonyl (C=O) groups excluding carboxylic acids is 2. The molecule has 3 N–H and O–H groups in total. The van der Waals surface area contributed by atoms with Crippen molar-refractivity contribution in [3.8, 4) is 0 Å². The second kappa shape index (κ2) is 13.6. The van der Waals surface area contributed by atoms with Crippen molar-refractivity contribution in [3.63, 3.8) is 0 Å². The van der Waals surface area contributed by atoms with Gasteiger partial charge >= 0.3 is 6.18 Å². The molecule has 2 saturated heterocycles. The predicted octanol–water partition coefficient (Wildman–Crippen LogP) is 4.65. The van der Waals surface area contributed by atoms with Gasteiger partial charge in [-0.05, 0) is 31.2 Å². The zero-order valence-corrected chi connectivity index (χ0v) is 23.9. The van der Waals surface area contributed by atoms with Crippen LogP contribution in [-0.2, 0) is 11.3 Å². The molecule has 224 valence electrons. The van der Waals surface area contributed by atoms with Gasteiger partial charge < -0.3 is 20.9 Å². The highest BCUT2D eigenvalue weighted by molar-refractivity contribution is 7.99. The highest BCUT2D eigenvalue weighted by Gasteiger charge is 2.32. The van der Waals surface area contributed by atoms with Crippen LogP contribution in [0.5, 0.6) is 0 Å². The van der Waals surface area contributed by atoms with Crippen LogP contribution in [0.4, 0.5) is 33.3 Å². The number of rotatable bonds is 8. The molecule has 2 aliphatic rings. The van der Waals surface area contributed by atoms with E-state index in [9.17, 15) is 31.5 Å². The summed E-state index contributed by atoms with van der Waals surface area (Å²) in [5.74, 6) is -2.30. The van der Waals surface area contributed by atoms with Crippen molar-refractivity contribution in [2.45, 2.75) is 38.1 Å². The second-order valence-electron chi connectivity index (χ2n) is 10.0. The first kappa shape index (κ1) is 31.3. The number of thioether (sulfide) groups is 1. The molecule has 0 radical (unpaired) electrons. The van der Waals surface area contributed by atoms with E-state index in [1.54, 1.807) is 22.7 Å². The van der Waals surface area contributed by atoms with E-state index in [2.05, 4.69) is 16.0 Å². The average Bonchev–Trinajstić information content (AvgIpc) is 2.93. The van der Waals surface area contributed by atoms with Crippen LogP contribution in [0.25, 0.3) is 0 Å². The van der Waals surface area contributed by atoms with E-state index in [-0.39, 0.29) is 30.6 Å². The van der Waals surface area contributed by atoms with Crippen molar-refractivity contribution in [2.24, 2.45) is 0 Å². The lowest BCUT2D eigenvalue weighted by Gasteiger charge is -2.41. The fourth-order valence-electron chi connectivity index (χ4n) is 4.82. The summed E-state index contributed by atoms with van der Waals surface area (Å²) in [6.45, 7) is 3.27. The van der Waals surface area contributed by atoms with Crippen molar-refractivity contribution in [1.82, 2.24) is 15.5 Å². The van der Waals surface area contributed by atoms with Gasteiger partial charge in [0.2, 0.25) is 5.91 Å². The number of nitrogens with one attached hydrogen (secondary N) is 3. The molecule has 2 amide bonds. The maximum atomic E-state index is 15.0. The molecule has 2 aliphatic heterocycles. The number of nitrogens with zero attached hydrogens (tertiary/aromatic N) is 2. The van der Waals surface area contributed by atoms with E-state index in [0.717, 1.165) is 11.8 Å². The average molecular weight is 620 g/mol. The van der Waals surface area contributed by atoms with E-state index in [0.29, 0.717) is 48.3 Å². The quantitative estimate of drug-likeness (QED) is 0.374. The lowest BCUT2D eigenvalue weighted by atomic mass is 10.1. The molecular weight excluding hydrogens is 589 g/mol. The minimum Gasteiger partial charge on any atom is -0.367 e. The van der Waals surface area contributed by atoms with Gasteiger partial charge in [-0.25, -0.2) is 8.78 Å². The summed E-state index contributed by atoms with van der Waals surface area (Å²) in [6.07, 6.45) is -5.15. The van der Waals surface area contributed by atoms with Crippen LogP contribution in [-0.4, -0.2) is 79.2 Å². The lowest BCUT2D eigenvalue weighted by molar-refractivity contribution is -0.139.